The van der Waals surface area contributed by atoms with Crippen molar-refractivity contribution in [2.45, 2.75) is 32.5 Å². The number of alkyl halides is 3. The molecule has 2 nitrogen and oxygen atoms in total. The molecule has 5 heteroatoms. The summed E-state index contributed by atoms with van der Waals surface area (Å²) in [6.07, 6.45) is -1.79. The average molecular weight is 297 g/mol. The lowest BCUT2D eigenvalue weighted by molar-refractivity contribution is -0.137. The summed E-state index contributed by atoms with van der Waals surface area (Å²) in [4.78, 5) is 0. The smallest absolute Gasteiger partial charge is 0.416 e. The van der Waals surface area contributed by atoms with Crippen LogP contribution in [0.15, 0.2) is 41.0 Å². The monoisotopic (exact) mass is 297 g/mol. The molecule has 1 heterocycles. The van der Waals surface area contributed by atoms with Crippen LogP contribution in [0.1, 0.15) is 41.8 Å². The molecule has 0 saturated heterocycles. The van der Waals surface area contributed by atoms with E-state index in [0.29, 0.717) is 0 Å². The maximum Gasteiger partial charge on any atom is 0.416 e. The maximum absolute atomic E-state index is 12.6. The highest BCUT2D eigenvalue weighted by Crippen LogP contribution is 2.31. The molecule has 0 radical (unpaired) electrons. The van der Waals surface area contributed by atoms with Crippen molar-refractivity contribution in [2.24, 2.45) is 0 Å². The summed E-state index contributed by atoms with van der Waals surface area (Å²) in [5.41, 5.74) is 1.09. The lowest BCUT2D eigenvalue weighted by Crippen LogP contribution is -2.23. The zero-order valence-corrected chi connectivity index (χ0v) is 12.0. The third-order valence-electron chi connectivity index (χ3n) is 3.33. The second kappa shape index (κ2) is 6.35. The number of furan rings is 1. The number of halogens is 3. The van der Waals surface area contributed by atoms with E-state index < -0.39 is 11.7 Å². The van der Waals surface area contributed by atoms with Gasteiger partial charge in [-0.25, -0.2) is 0 Å². The van der Waals surface area contributed by atoms with E-state index in [1.165, 1.54) is 12.1 Å². The highest BCUT2D eigenvalue weighted by Gasteiger charge is 2.30. The average Bonchev–Trinajstić information content (AvgIpc) is 2.85. The van der Waals surface area contributed by atoms with Crippen molar-refractivity contribution in [3.05, 3.63) is 59.0 Å². The molecule has 114 valence electrons. The van der Waals surface area contributed by atoms with Gasteiger partial charge in [-0.1, -0.05) is 19.1 Å². The Morgan fingerprint density at radius 3 is 2.29 bits per heavy atom. The molecule has 21 heavy (non-hydrogen) atoms. The molecule has 1 atom stereocenters. The van der Waals surface area contributed by atoms with Gasteiger partial charge in [0, 0.05) is 0 Å². The van der Waals surface area contributed by atoms with E-state index in [4.69, 9.17) is 4.42 Å². The van der Waals surface area contributed by atoms with E-state index in [9.17, 15) is 13.2 Å². The molecule has 0 saturated carbocycles. The fourth-order valence-electron chi connectivity index (χ4n) is 2.20. The van der Waals surface area contributed by atoms with Crippen LogP contribution in [0.5, 0.6) is 0 Å². The summed E-state index contributed by atoms with van der Waals surface area (Å²) in [6, 6.07) is 6.82. The van der Waals surface area contributed by atoms with E-state index >= 15 is 0 Å². The van der Waals surface area contributed by atoms with Gasteiger partial charge < -0.3 is 9.73 Å². The molecule has 1 aromatic heterocycles. The highest BCUT2D eigenvalue weighted by atomic mass is 19.4. The van der Waals surface area contributed by atoms with Gasteiger partial charge in [0.1, 0.15) is 5.76 Å². The molecular formula is C16H18F3NO. The van der Waals surface area contributed by atoms with E-state index in [-0.39, 0.29) is 6.04 Å². The number of rotatable bonds is 5. The largest absolute Gasteiger partial charge is 0.467 e. The van der Waals surface area contributed by atoms with Gasteiger partial charge >= 0.3 is 6.18 Å². The van der Waals surface area contributed by atoms with Gasteiger partial charge in [0.15, 0.2) is 0 Å². The van der Waals surface area contributed by atoms with E-state index in [1.807, 2.05) is 19.9 Å². The minimum Gasteiger partial charge on any atom is -0.467 e. The summed E-state index contributed by atoms with van der Waals surface area (Å²) in [7, 11) is 0. The van der Waals surface area contributed by atoms with E-state index in [2.05, 4.69) is 5.32 Å². The second-order valence-corrected chi connectivity index (χ2v) is 4.97. The first-order valence-electron chi connectivity index (χ1n) is 6.88. The Balaban J connectivity index is 2.31. The van der Waals surface area contributed by atoms with Gasteiger partial charge in [-0.3, -0.25) is 0 Å². The van der Waals surface area contributed by atoms with Crippen molar-refractivity contribution >= 4 is 0 Å². The summed E-state index contributed by atoms with van der Waals surface area (Å²) in [6.45, 7) is 4.71. The second-order valence-electron chi connectivity index (χ2n) is 4.97. The van der Waals surface area contributed by atoms with Crippen LogP contribution in [-0.4, -0.2) is 6.54 Å². The van der Waals surface area contributed by atoms with Gasteiger partial charge in [0.05, 0.1) is 17.9 Å². The summed E-state index contributed by atoms with van der Waals surface area (Å²) in [5.74, 6) is 0.739. The molecule has 0 fully saturated rings. The Bertz CT molecular complexity index is 572. The Labute approximate surface area is 122 Å². The van der Waals surface area contributed by atoms with E-state index in [0.717, 1.165) is 42.0 Å². The number of aryl methyl sites for hydroxylation is 1. The summed E-state index contributed by atoms with van der Waals surface area (Å²) >= 11 is 0. The van der Waals surface area contributed by atoms with Gasteiger partial charge in [0.25, 0.3) is 0 Å². The number of hydrogen-bond acceptors (Lipinski definition) is 2. The molecule has 2 rings (SSSR count). The first-order valence-corrected chi connectivity index (χ1v) is 6.88. The fraction of sp³-hybridized carbons (Fsp3) is 0.375. The lowest BCUT2D eigenvalue weighted by Gasteiger charge is -2.18. The quantitative estimate of drug-likeness (QED) is 0.865. The molecule has 0 spiro atoms. The molecule has 1 N–H and O–H groups in total. The first kappa shape index (κ1) is 15.6. The molecule has 0 aliphatic rings. The maximum atomic E-state index is 12.6. The van der Waals surface area contributed by atoms with Gasteiger partial charge in [-0.2, -0.15) is 13.2 Å². The topological polar surface area (TPSA) is 25.2 Å². The molecule has 0 aliphatic heterocycles. The minimum atomic E-state index is -4.31. The molecule has 1 aromatic carbocycles. The Morgan fingerprint density at radius 2 is 1.81 bits per heavy atom. The van der Waals surface area contributed by atoms with Gasteiger partial charge in [-0.15, -0.1) is 0 Å². The zero-order chi connectivity index (χ0) is 15.5. The van der Waals surface area contributed by atoms with Crippen LogP contribution in [0.3, 0.4) is 0 Å². The predicted octanol–water partition coefficient (Wildman–Crippen LogP) is 4.70. The van der Waals surface area contributed by atoms with Crippen LogP contribution in [0.4, 0.5) is 13.2 Å². The number of benzene rings is 1. The van der Waals surface area contributed by atoms with E-state index in [1.54, 1.807) is 6.26 Å². The van der Waals surface area contributed by atoms with Crippen LogP contribution < -0.4 is 5.32 Å². The number of nitrogens with one attached hydrogen (secondary N) is 1. The Hall–Kier alpha value is -1.75. The van der Waals surface area contributed by atoms with Crippen LogP contribution in [0.2, 0.25) is 0 Å². The van der Waals surface area contributed by atoms with Crippen LogP contribution >= 0.6 is 0 Å². The van der Waals surface area contributed by atoms with Gasteiger partial charge in [0.2, 0.25) is 0 Å². The minimum absolute atomic E-state index is 0.234. The van der Waals surface area contributed by atoms with Crippen molar-refractivity contribution in [2.75, 3.05) is 6.54 Å². The molecular weight excluding hydrogens is 279 g/mol. The van der Waals surface area contributed by atoms with Crippen molar-refractivity contribution in [3.8, 4) is 0 Å². The lowest BCUT2D eigenvalue weighted by atomic mass is 10.0. The zero-order valence-electron chi connectivity index (χ0n) is 12.0. The molecule has 1 unspecified atom stereocenters. The normalized spacial score (nSPS) is 13.4. The fourth-order valence-corrected chi connectivity index (χ4v) is 2.20. The van der Waals surface area contributed by atoms with Crippen LogP contribution in [-0.2, 0) is 6.18 Å². The first-order chi connectivity index (χ1) is 9.93. The van der Waals surface area contributed by atoms with Crippen LogP contribution in [0.25, 0.3) is 0 Å². The van der Waals surface area contributed by atoms with Crippen molar-refractivity contribution in [1.82, 2.24) is 5.32 Å². The highest BCUT2D eigenvalue weighted by molar-refractivity contribution is 5.33. The summed E-state index contributed by atoms with van der Waals surface area (Å²) in [5, 5.41) is 3.31. The molecule has 0 aliphatic carbocycles. The Morgan fingerprint density at radius 1 is 1.14 bits per heavy atom. The van der Waals surface area contributed by atoms with Crippen molar-refractivity contribution < 1.29 is 17.6 Å². The van der Waals surface area contributed by atoms with Crippen molar-refractivity contribution in [3.63, 3.8) is 0 Å². The number of hydrogen-bond donors (Lipinski definition) is 1. The molecule has 2 aromatic rings. The van der Waals surface area contributed by atoms with Crippen LogP contribution in [0, 0.1) is 6.92 Å². The molecule has 0 bridgehead atoms. The molecule has 0 amide bonds. The third-order valence-corrected chi connectivity index (χ3v) is 3.33. The standard InChI is InChI=1S/C16H18F3NO/c1-3-9-20-14(15-11(2)8-10-21-15)12-4-6-13(7-5-12)16(17,18)19/h4-8,10,14,20H,3,9H2,1-2H3. The predicted molar refractivity (Wildman–Crippen MR) is 75.0 cm³/mol. The summed E-state index contributed by atoms with van der Waals surface area (Å²) < 4.78 is 43.4. The Kier molecular flexibility index (Phi) is 4.73. The van der Waals surface area contributed by atoms with Crippen molar-refractivity contribution in [1.29, 1.82) is 0 Å². The van der Waals surface area contributed by atoms with Gasteiger partial charge in [-0.05, 0) is 49.2 Å². The SMILES string of the molecule is CCCNC(c1ccc(C(F)(F)F)cc1)c1occc1C. The third kappa shape index (κ3) is 3.67.